The van der Waals surface area contributed by atoms with E-state index in [-0.39, 0.29) is 22.5 Å². The summed E-state index contributed by atoms with van der Waals surface area (Å²) in [7, 11) is 0. The van der Waals surface area contributed by atoms with Crippen LogP contribution in [0.5, 0.6) is 0 Å². The lowest BCUT2D eigenvalue weighted by Crippen LogP contribution is -2.30. The van der Waals surface area contributed by atoms with Gasteiger partial charge in [0.2, 0.25) is 0 Å². The summed E-state index contributed by atoms with van der Waals surface area (Å²) in [5.74, 6) is 0.110. The number of carbonyl (C=O) groups is 2. The highest BCUT2D eigenvalue weighted by Crippen LogP contribution is 2.19. The molecule has 138 valence electrons. The lowest BCUT2D eigenvalue weighted by molar-refractivity contribution is 0.0772. The fraction of sp³-hybridized carbons (Fsp3) is 0.368. The van der Waals surface area contributed by atoms with Gasteiger partial charge < -0.3 is 10.2 Å². The van der Waals surface area contributed by atoms with Crippen LogP contribution >= 0.6 is 11.6 Å². The van der Waals surface area contributed by atoms with Gasteiger partial charge >= 0.3 is 0 Å². The zero-order chi connectivity index (χ0) is 19.3. The van der Waals surface area contributed by atoms with Crippen LogP contribution in [0.15, 0.2) is 30.5 Å². The summed E-state index contributed by atoms with van der Waals surface area (Å²) in [4.78, 5) is 35.1. The highest BCUT2D eigenvalue weighted by atomic mass is 35.5. The number of nitrogens with zero attached hydrogens (tertiary/aromatic N) is 3. The van der Waals surface area contributed by atoms with E-state index in [1.54, 1.807) is 29.2 Å². The van der Waals surface area contributed by atoms with E-state index in [9.17, 15) is 9.59 Å². The molecular formula is C19H23ClN4O2. The average molecular weight is 375 g/mol. The molecule has 0 aliphatic heterocycles. The maximum absolute atomic E-state index is 12.6. The van der Waals surface area contributed by atoms with Crippen LogP contribution in [-0.4, -0.2) is 39.8 Å². The van der Waals surface area contributed by atoms with Gasteiger partial charge in [0.15, 0.2) is 5.69 Å². The molecule has 7 heteroatoms. The topological polar surface area (TPSA) is 75.2 Å². The van der Waals surface area contributed by atoms with E-state index in [1.807, 2.05) is 27.7 Å². The van der Waals surface area contributed by atoms with Crippen molar-refractivity contribution in [2.75, 3.05) is 18.4 Å². The molecule has 0 aliphatic carbocycles. The van der Waals surface area contributed by atoms with Gasteiger partial charge in [-0.25, -0.2) is 9.97 Å². The van der Waals surface area contributed by atoms with Crippen LogP contribution < -0.4 is 5.32 Å². The average Bonchev–Trinajstić information content (AvgIpc) is 2.62. The van der Waals surface area contributed by atoms with Crippen LogP contribution in [0.4, 0.5) is 5.69 Å². The molecule has 2 amide bonds. The van der Waals surface area contributed by atoms with Gasteiger partial charge in [-0.05, 0) is 32.0 Å². The zero-order valence-corrected chi connectivity index (χ0v) is 16.2. The maximum Gasteiger partial charge on any atom is 0.275 e. The second kappa shape index (κ2) is 8.76. The van der Waals surface area contributed by atoms with E-state index in [0.717, 1.165) is 0 Å². The first kappa shape index (κ1) is 19.8. The molecule has 0 saturated carbocycles. The molecule has 0 saturated heterocycles. The minimum atomic E-state index is -0.438. The van der Waals surface area contributed by atoms with Crippen molar-refractivity contribution in [1.29, 1.82) is 0 Å². The zero-order valence-electron chi connectivity index (χ0n) is 15.4. The molecule has 2 aromatic rings. The second-order valence-corrected chi connectivity index (χ2v) is 6.50. The Bertz CT molecular complexity index is 804. The molecule has 2 rings (SSSR count). The maximum atomic E-state index is 12.6. The monoisotopic (exact) mass is 374 g/mol. The minimum Gasteiger partial charge on any atom is -0.339 e. The molecule has 1 heterocycles. The predicted octanol–water partition coefficient (Wildman–Crippen LogP) is 3.99. The Morgan fingerprint density at radius 3 is 2.54 bits per heavy atom. The molecule has 1 N–H and O–H groups in total. The number of halogens is 1. The molecular weight excluding hydrogens is 352 g/mol. The van der Waals surface area contributed by atoms with Crippen molar-refractivity contribution in [1.82, 2.24) is 14.9 Å². The summed E-state index contributed by atoms with van der Waals surface area (Å²) in [6.45, 7) is 8.98. The Balaban J connectivity index is 2.24. The van der Waals surface area contributed by atoms with Crippen molar-refractivity contribution >= 4 is 29.1 Å². The number of hydrogen-bond acceptors (Lipinski definition) is 4. The van der Waals surface area contributed by atoms with Crippen molar-refractivity contribution < 1.29 is 9.59 Å². The van der Waals surface area contributed by atoms with Gasteiger partial charge in [0.25, 0.3) is 11.8 Å². The Morgan fingerprint density at radius 1 is 1.23 bits per heavy atom. The molecule has 0 aliphatic rings. The quantitative estimate of drug-likeness (QED) is 0.829. The Labute approximate surface area is 158 Å². The Hall–Kier alpha value is -2.47. The number of amides is 2. The van der Waals surface area contributed by atoms with E-state index >= 15 is 0 Å². The van der Waals surface area contributed by atoms with Crippen LogP contribution in [0.2, 0.25) is 5.02 Å². The molecule has 0 bridgehead atoms. The Kier molecular flexibility index (Phi) is 6.69. The van der Waals surface area contributed by atoms with Crippen molar-refractivity contribution in [3.63, 3.8) is 0 Å². The van der Waals surface area contributed by atoms with E-state index in [2.05, 4.69) is 15.3 Å². The van der Waals surface area contributed by atoms with Crippen LogP contribution in [0.25, 0.3) is 0 Å². The van der Waals surface area contributed by atoms with Crippen LogP contribution in [0.3, 0.4) is 0 Å². The van der Waals surface area contributed by atoms with Gasteiger partial charge in [0, 0.05) is 30.3 Å². The summed E-state index contributed by atoms with van der Waals surface area (Å²) in [5, 5.41) is 2.93. The molecule has 0 fully saturated rings. The largest absolute Gasteiger partial charge is 0.339 e. The fourth-order valence-corrected chi connectivity index (χ4v) is 2.61. The molecule has 0 radical (unpaired) electrons. The third-order valence-corrected chi connectivity index (χ3v) is 4.19. The lowest BCUT2D eigenvalue weighted by atomic mass is 10.1. The van der Waals surface area contributed by atoms with Crippen LogP contribution in [0, 0.1) is 0 Å². The molecule has 1 aromatic carbocycles. The van der Waals surface area contributed by atoms with Crippen LogP contribution in [0.1, 0.15) is 60.3 Å². The third kappa shape index (κ3) is 4.58. The van der Waals surface area contributed by atoms with Crippen molar-refractivity contribution in [3.8, 4) is 0 Å². The summed E-state index contributed by atoms with van der Waals surface area (Å²) in [6, 6.07) is 6.82. The molecule has 0 atom stereocenters. The first-order valence-corrected chi connectivity index (χ1v) is 8.98. The molecule has 0 spiro atoms. The summed E-state index contributed by atoms with van der Waals surface area (Å²) in [5.41, 5.74) is 1.14. The highest BCUT2D eigenvalue weighted by Gasteiger charge is 2.17. The Morgan fingerprint density at radius 2 is 1.92 bits per heavy atom. The fourth-order valence-electron chi connectivity index (χ4n) is 2.43. The second-order valence-electron chi connectivity index (χ2n) is 6.09. The first-order chi connectivity index (χ1) is 12.4. The normalized spacial score (nSPS) is 10.7. The lowest BCUT2D eigenvalue weighted by Gasteiger charge is -2.19. The SMILES string of the molecule is CCN(CC)C(=O)c1cccc(NC(=O)c2nc(C(C)C)ncc2Cl)c1. The summed E-state index contributed by atoms with van der Waals surface area (Å²) < 4.78 is 0. The summed E-state index contributed by atoms with van der Waals surface area (Å²) >= 11 is 6.08. The van der Waals surface area contributed by atoms with Gasteiger partial charge in [0.1, 0.15) is 5.82 Å². The smallest absolute Gasteiger partial charge is 0.275 e. The van der Waals surface area contributed by atoms with E-state index in [4.69, 9.17) is 11.6 Å². The number of hydrogen-bond donors (Lipinski definition) is 1. The highest BCUT2D eigenvalue weighted by molar-refractivity contribution is 6.33. The van der Waals surface area contributed by atoms with Crippen molar-refractivity contribution in [2.24, 2.45) is 0 Å². The van der Waals surface area contributed by atoms with Gasteiger partial charge in [-0.1, -0.05) is 31.5 Å². The van der Waals surface area contributed by atoms with Crippen LogP contribution in [-0.2, 0) is 0 Å². The summed E-state index contributed by atoms with van der Waals surface area (Å²) in [6.07, 6.45) is 1.43. The first-order valence-electron chi connectivity index (χ1n) is 8.60. The predicted molar refractivity (Wildman–Crippen MR) is 103 cm³/mol. The number of rotatable bonds is 6. The third-order valence-electron chi connectivity index (χ3n) is 3.91. The number of aromatic nitrogens is 2. The molecule has 1 aromatic heterocycles. The van der Waals surface area contributed by atoms with Gasteiger partial charge in [-0.3, -0.25) is 9.59 Å². The molecule has 6 nitrogen and oxygen atoms in total. The molecule has 26 heavy (non-hydrogen) atoms. The van der Waals surface area contributed by atoms with Gasteiger partial charge in [-0.2, -0.15) is 0 Å². The van der Waals surface area contributed by atoms with Gasteiger partial charge in [-0.15, -0.1) is 0 Å². The number of nitrogens with one attached hydrogen (secondary N) is 1. The number of anilines is 1. The standard InChI is InChI=1S/C19H23ClN4O2/c1-5-24(6-2)19(26)13-8-7-9-14(10-13)22-18(25)16-15(20)11-21-17(23-16)12(3)4/h7-12H,5-6H2,1-4H3,(H,22,25). The van der Waals surface area contributed by atoms with E-state index in [1.165, 1.54) is 6.20 Å². The number of carbonyl (C=O) groups excluding carboxylic acids is 2. The van der Waals surface area contributed by atoms with Crippen molar-refractivity contribution in [3.05, 3.63) is 52.6 Å². The van der Waals surface area contributed by atoms with Crippen molar-refractivity contribution in [2.45, 2.75) is 33.6 Å². The van der Waals surface area contributed by atoms with Gasteiger partial charge in [0.05, 0.1) is 11.2 Å². The molecule has 0 unspecified atom stereocenters. The minimum absolute atomic E-state index is 0.0757. The van der Waals surface area contributed by atoms with E-state index in [0.29, 0.717) is 30.2 Å². The number of benzene rings is 1. The van der Waals surface area contributed by atoms with E-state index < -0.39 is 5.91 Å².